The Morgan fingerprint density at radius 3 is 2.66 bits per heavy atom. The third-order valence-corrected chi connectivity index (χ3v) is 9.35. The molecule has 3 saturated heterocycles. The number of amides is 3. The van der Waals surface area contributed by atoms with Gasteiger partial charge in [0.2, 0.25) is 11.8 Å². The fraction of sp³-hybridized carbons (Fsp3) is 0.467. The van der Waals surface area contributed by atoms with Crippen molar-refractivity contribution in [1.29, 1.82) is 5.26 Å². The fourth-order valence-electron chi connectivity index (χ4n) is 7.19. The summed E-state index contributed by atoms with van der Waals surface area (Å²) < 4.78 is 30.6. The summed E-state index contributed by atoms with van der Waals surface area (Å²) in [5.41, 5.74) is -0.546. The molecule has 7 rings (SSSR count). The number of fused-ring (bicyclic) bond motifs is 6. The van der Waals surface area contributed by atoms with Gasteiger partial charge in [0.15, 0.2) is 5.60 Å². The second-order valence-corrected chi connectivity index (χ2v) is 11.9. The van der Waals surface area contributed by atoms with Crippen molar-refractivity contribution in [1.82, 2.24) is 15.5 Å². The van der Waals surface area contributed by atoms with Crippen molar-refractivity contribution in [2.45, 2.75) is 68.2 Å². The van der Waals surface area contributed by atoms with Gasteiger partial charge in [-0.05, 0) is 55.4 Å². The first-order valence-electron chi connectivity index (χ1n) is 13.9. The molecule has 2 aromatic carbocycles. The molecule has 0 radical (unpaired) electrons. The first-order chi connectivity index (χ1) is 19.6. The van der Waals surface area contributed by atoms with Crippen LogP contribution in [0.3, 0.4) is 0 Å². The number of piperidine rings is 3. The van der Waals surface area contributed by atoms with Gasteiger partial charge < -0.3 is 20.6 Å². The molecule has 4 fully saturated rings. The standard InChI is InChI=1S/C30H29ClF2N4O4/c31-17-7-9-21-20-5-1-2-6-22(20)30(41,24(21)13-17)28(40)37-19-8-10-23(29(32,33)14-19)25(37)27(39)36-18(15-34)12-16-4-3-11-35-26(16)38/h1-2,5-7,9,13,16,18-19,23,25,41H,3-4,8,10-12,14H2,(H,35,38)(H,36,39)/t16-,18+,19+,23+,25-,30+/m0/s1. The van der Waals surface area contributed by atoms with E-state index in [9.17, 15) is 24.8 Å². The van der Waals surface area contributed by atoms with Crippen LogP contribution in [0.15, 0.2) is 42.5 Å². The van der Waals surface area contributed by atoms with E-state index in [0.717, 1.165) is 11.3 Å². The van der Waals surface area contributed by atoms with Gasteiger partial charge in [-0.2, -0.15) is 5.26 Å². The summed E-state index contributed by atoms with van der Waals surface area (Å²) in [6.07, 6.45) is 0.943. The van der Waals surface area contributed by atoms with Gasteiger partial charge >= 0.3 is 0 Å². The number of rotatable bonds is 5. The van der Waals surface area contributed by atoms with E-state index in [4.69, 9.17) is 11.6 Å². The van der Waals surface area contributed by atoms with Crippen molar-refractivity contribution < 1.29 is 28.3 Å². The third-order valence-electron chi connectivity index (χ3n) is 9.12. The van der Waals surface area contributed by atoms with Gasteiger partial charge in [-0.25, -0.2) is 8.78 Å². The van der Waals surface area contributed by atoms with Crippen LogP contribution < -0.4 is 10.6 Å². The zero-order valence-electron chi connectivity index (χ0n) is 22.1. The lowest BCUT2D eigenvalue weighted by molar-refractivity contribution is -0.201. The number of hydrogen-bond donors (Lipinski definition) is 3. The van der Waals surface area contributed by atoms with E-state index in [1.165, 1.54) is 6.07 Å². The summed E-state index contributed by atoms with van der Waals surface area (Å²) in [4.78, 5) is 41.6. The van der Waals surface area contributed by atoms with Crippen LogP contribution >= 0.6 is 11.6 Å². The van der Waals surface area contributed by atoms with Crippen LogP contribution in [0.2, 0.25) is 5.02 Å². The summed E-state index contributed by atoms with van der Waals surface area (Å²) in [6, 6.07) is 9.88. The number of alkyl halides is 2. The largest absolute Gasteiger partial charge is 0.372 e. The third kappa shape index (κ3) is 4.37. The first kappa shape index (κ1) is 27.6. The van der Waals surface area contributed by atoms with Crippen LogP contribution in [-0.2, 0) is 20.0 Å². The Morgan fingerprint density at radius 1 is 1.17 bits per heavy atom. The van der Waals surface area contributed by atoms with E-state index in [2.05, 4.69) is 10.6 Å². The zero-order chi connectivity index (χ0) is 29.1. The maximum absolute atomic E-state index is 15.3. The number of halogens is 3. The second-order valence-electron chi connectivity index (χ2n) is 11.5. The normalized spacial score (nSPS) is 30.0. The molecule has 3 amide bonds. The number of aliphatic hydroxyl groups is 1. The highest BCUT2D eigenvalue weighted by atomic mass is 35.5. The van der Waals surface area contributed by atoms with Gasteiger partial charge in [0.05, 0.1) is 12.0 Å². The molecular formula is C30H29ClF2N4O4. The first-order valence-corrected chi connectivity index (χ1v) is 14.2. The minimum absolute atomic E-state index is 0.0131. The number of benzene rings is 2. The van der Waals surface area contributed by atoms with Gasteiger partial charge in [-0.1, -0.05) is 41.9 Å². The molecule has 2 aromatic rings. The Bertz CT molecular complexity index is 1480. The number of carbonyl (C=O) groups is 3. The zero-order valence-corrected chi connectivity index (χ0v) is 22.8. The highest BCUT2D eigenvalue weighted by Gasteiger charge is 2.63. The quantitative estimate of drug-likeness (QED) is 0.498. The molecule has 8 nitrogen and oxygen atoms in total. The SMILES string of the molecule is N#C[C@@H](C[C@@H]1CCCNC1=O)NC(=O)[C@@H]1[C@H]2CC[C@H](CC2(F)F)N1C(=O)[C@@]1(O)c2ccccc2-c2ccc(Cl)cc21. The number of nitrogens with zero attached hydrogens (tertiary/aromatic N) is 2. The van der Waals surface area contributed by atoms with Crippen molar-refractivity contribution in [2.24, 2.45) is 11.8 Å². The molecule has 3 N–H and O–H groups in total. The average molecular weight is 583 g/mol. The minimum atomic E-state index is -3.22. The van der Waals surface area contributed by atoms with Crippen LogP contribution in [0, 0.1) is 23.2 Å². The van der Waals surface area contributed by atoms with Crippen molar-refractivity contribution >= 4 is 29.3 Å². The Kier molecular flexibility index (Phi) is 6.78. The smallest absolute Gasteiger partial charge is 0.264 e. The molecule has 5 aliphatic rings. The molecule has 2 aliphatic carbocycles. The Morgan fingerprint density at radius 2 is 1.93 bits per heavy atom. The highest BCUT2D eigenvalue weighted by molar-refractivity contribution is 6.31. The molecule has 3 heterocycles. The molecule has 0 unspecified atom stereocenters. The van der Waals surface area contributed by atoms with Crippen LogP contribution in [0.1, 0.15) is 49.7 Å². The van der Waals surface area contributed by atoms with Crippen molar-refractivity contribution in [2.75, 3.05) is 6.54 Å². The summed E-state index contributed by atoms with van der Waals surface area (Å²) in [6.45, 7) is 0.538. The van der Waals surface area contributed by atoms with Crippen LogP contribution in [0.4, 0.5) is 8.78 Å². The lowest BCUT2D eigenvalue weighted by Gasteiger charge is -2.54. The van der Waals surface area contributed by atoms with E-state index in [1.54, 1.807) is 36.4 Å². The maximum atomic E-state index is 15.3. The van der Waals surface area contributed by atoms with Crippen molar-refractivity contribution in [3.8, 4) is 17.2 Å². The van der Waals surface area contributed by atoms with E-state index >= 15 is 8.78 Å². The average Bonchev–Trinajstić information content (AvgIpc) is 3.21. The van der Waals surface area contributed by atoms with Crippen LogP contribution in [-0.4, -0.2) is 58.3 Å². The van der Waals surface area contributed by atoms with Crippen LogP contribution in [0.5, 0.6) is 0 Å². The molecule has 6 atom stereocenters. The highest BCUT2D eigenvalue weighted by Crippen LogP contribution is 2.54. The number of carbonyl (C=O) groups excluding carboxylic acids is 3. The molecule has 214 valence electrons. The fourth-order valence-corrected chi connectivity index (χ4v) is 7.36. The Labute approximate surface area is 240 Å². The molecule has 0 aromatic heterocycles. The molecular weight excluding hydrogens is 554 g/mol. The summed E-state index contributed by atoms with van der Waals surface area (Å²) in [5.74, 6) is -7.19. The molecule has 41 heavy (non-hydrogen) atoms. The summed E-state index contributed by atoms with van der Waals surface area (Å²) in [5, 5.41) is 27.6. The minimum Gasteiger partial charge on any atom is -0.372 e. The predicted molar refractivity (Wildman–Crippen MR) is 144 cm³/mol. The van der Waals surface area contributed by atoms with E-state index < -0.39 is 59.7 Å². The number of nitriles is 1. The predicted octanol–water partition coefficient (Wildman–Crippen LogP) is 3.50. The van der Waals surface area contributed by atoms with E-state index in [0.29, 0.717) is 24.1 Å². The van der Waals surface area contributed by atoms with E-state index in [1.807, 2.05) is 6.07 Å². The van der Waals surface area contributed by atoms with Gasteiger partial charge in [0.25, 0.3) is 11.8 Å². The lowest BCUT2D eigenvalue weighted by atomic mass is 9.70. The Balaban J connectivity index is 1.36. The monoisotopic (exact) mass is 582 g/mol. The summed E-state index contributed by atoms with van der Waals surface area (Å²) in [7, 11) is 0. The number of hydrogen-bond acceptors (Lipinski definition) is 5. The molecule has 0 spiro atoms. The second kappa shape index (κ2) is 10.1. The van der Waals surface area contributed by atoms with Crippen molar-refractivity contribution in [3.05, 3.63) is 58.6 Å². The van der Waals surface area contributed by atoms with Gasteiger partial charge in [-0.15, -0.1) is 0 Å². The van der Waals surface area contributed by atoms with Crippen LogP contribution in [0.25, 0.3) is 11.1 Å². The molecule has 11 heteroatoms. The van der Waals surface area contributed by atoms with Crippen molar-refractivity contribution in [3.63, 3.8) is 0 Å². The topological polar surface area (TPSA) is 123 Å². The molecule has 2 bridgehead atoms. The lowest BCUT2D eigenvalue weighted by Crippen LogP contribution is -2.70. The van der Waals surface area contributed by atoms with Gasteiger partial charge in [0.1, 0.15) is 12.1 Å². The van der Waals surface area contributed by atoms with E-state index in [-0.39, 0.29) is 41.3 Å². The van der Waals surface area contributed by atoms with Gasteiger partial charge in [-0.3, -0.25) is 14.4 Å². The molecule has 3 aliphatic heterocycles. The maximum Gasteiger partial charge on any atom is 0.264 e. The van der Waals surface area contributed by atoms with Gasteiger partial charge in [0, 0.05) is 41.1 Å². The summed E-state index contributed by atoms with van der Waals surface area (Å²) >= 11 is 6.27. The number of nitrogens with one attached hydrogen (secondary N) is 2. The molecule has 1 saturated carbocycles. The Hall–Kier alpha value is -3.55.